The summed E-state index contributed by atoms with van der Waals surface area (Å²) in [6, 6.07) is 12.2. The van der Waals surface area contributed by atoms with E-state index in [1.807, 2.05) is 31.2 Å². The van der Waals surface area contributed by atoms with Crippen molar-refractivity contribution >= 4 is 27.5 Å². The number of carbonyl (C=O) groups is 2. The first kappa shape index (κ1) is 26.7. The first-order valence-corrected chi connectivity index (χ1v) is 13.8. The van der Waals surface area contributed by atoms with Crippen molar-refractivity contribution in [3.05, 3.63) is 65.5 Å². The molecule has 1 aliphatic carbocycles. The minimum atomic E-state index is -3.97. The maximum absolute atomic E-state index is 14.5. The average molecular weight is 504 g/mol. The second-order valence-corrected chi connectivity index (χ2v) is 11.2. The number of hydrogen-bond acceptors (Lipinski definition) is 4. The maximum Gasteiger partial charge on any atom is 0.244 e. The van der Waals surface area contributed by atoms with Gasteiger partial charge in [0.15, 0.2) is 0 Å². The normalized spacial score (nSPS) is 15.3. The highest BCUT2D eigenvalue weighted by molar-refractivity contribution is 7.92. The van der Waals surface area contributed by atoms with Crippen LogP contribution >= 0.6 is 0 Å². The zero-order valence-corrected chi connectivity index (χ0v) is 21.4. The Morgan fingerprint density at radius 3 is 2.40 bits per heavy atom. The van der Waals surface area contributed by atoms with E-state index in [0.29, 0.717) is 0 Å². The molecule has 0 radical (unpaired) electrons. The minimum Gasteiger partial charge on any atom is -0.352 e. The Kier molecular flexibility index (Phi) is 8.88. The first-order valence-electron chi connectivity index (χ1n) is 11.9. The number of aryl methyl sites for hydroxylation is 1. The standard InChI is InChI=1S/C26H34FN3O4S/c1-19-10-9-11-21(16-19)17-29(20(2)26(32)28-22-12-5-4-6-13-22)25(31)18-30(35(3,33)34)24-15-8-7-14-23(24)27/h7-11,14-16,20,22H,4-6,12-13,17-18H2,1-3H3,(H,28,32)/t20-/m1/s1. The molecule has 7 nitrogen and oxygen atoms in total. The van der Waals surface area contributed by atoms with Gasteiger partial charge in [-0.25, -0.2) is 12.8 Å². The van der Waals surface area contributed by atoms with Crippen LogP contribution in [-0.4, -0.2) is 50.0 Å². The highest BCUT2D eigenvalue weighted by atomic mass is 32.2. The fraction of sp³-hybridized carbons (Fsp3) is 0.462. The Morgan fingerprint density at radius 1 is 1.09 bits per heavy atom. The van der Waals surface area contributed by atoms with Crippen molar-refractivity contribution in [2.24, 2.45) is 0 Å². The second-order valence-electron chi connectivity index (χ2n) is 9.25. The Morgan fingerprint density at radius 2 is 1.77 bits per heavy atom. The molecule has 2 aromatic rings. The number of amides is 2. The number of para-hydroxylation sites is 1. The third-order valence-corrected chi connectivity index (χ3v) is 7.48. The van der Waals surface area contributed by atoms with Crippen LogP contribution in [0.3, 0.4) is 0 Å². The Labute approximate surface area is 207 Å². The predicted molar refractivity (Wildman–Crippen MR) is 135 cm³/mol. The monoisotopic (exact) mass is 503 g/mol. The summed E-state index contributed by atoms with van der Waals surface area (Å²) in [7, 11) is -3.97. The van der Waals surface area contributed by atoms with Crippen molar-refractivity contribution in [3.8, 4) is 0 Å². The third kappa shape index (κ3) is 7.27. The molecule has 0 spiro atoms. The molecule has 1 aliphatic rings. The van der Waals surface area contributed by atoms with E-state index in [-0.39, 0.29) is 24.2 Å². The summed E-state index contributed by atoms with van der Waals surface area (Å²) in [6.45, 7) is 3.07. The van der Waals surface area contributed by atoms with Crippen molar-refractivity contribution in [2.75, 3.05) is 17.1 Å². The van der Waals surface area contributed by atoms with E-state index in [1.54, 1.807) is 6.92 Å². The molecule has 0 aromatic heterocycles. The molecule has 0 saturated heterocycles. The molecule has 9 heteroatoms. The van der Waals surface area contributed by atoms with Gasteiger partial charge in [-0.05, 0) is 44.4 Å². The number of nitrogens with one attached hydrogen (secondary N) is 1. The molecule has 3 rings (SSSR count). The van der Waals surface area contributed by atoms with Gasteiger partial charge >= 0.3 is 0 Å². The predicted octanol–water partition coefficient (Wildman–Crippen LogP) is 3.77. The van der Waals surface area contributed by atoms with Gasteiger partial charge in [0.25, 0.3) is 0 Å². The van der Waals surface area contributed by atoms with Crippen LogP contribution in [0.4, 0.5) is 10.1 Å². The highest BCUT2D eigenvalue weighted by Gasteiger charge is 2.31. The quantitative estimate of drug-likeness (QED) is 0.565. The van der Waals surface area contributed by atoms with Crippen molar-refractivity contribution < 1.29 is 22.4 Å². The summed E-state index contributed by atoms with van der Waals surface area (Å²) < 4.78 is 40.3. The summed E-state index contributed by atoms with van der Waals surface area (Å²) in [6.07, 6.45) is 5.99. The number of hydrogen-bond donors (Lipinski definition) is 1. The number of sulfonamides is 1. The summed E-state index contributed by atoms with van der Waals surface area (Å²) in [5.41, 5.74) is 1.60. The third-order valence-electron chi connectivity index (χ3n) is 6.35. The molecule has 0 heterocycles. The van der Waals surface area contributed by atoms with Crippen LogP contribution in [0.2, 0.25) is 0 Å². The molecule has 190 valence electrons. The largest absolute Gasteiger partial charge is 0.352 e. The van der Waals surface area contributed by atoms with Gasteiger partial charge in [0.2, 0.25) is 21.8 Å². The number of anilines is 1. The fourth-order valence-electron chi connectivity index (χ4n) is 4.41. The van der Waals surface area contributed by atoms with Crippen molar-refractivity contribution in [1.82, 2.24) is 10.2 Å². The van der Waals surface area contributed by atoms with Crippen LogP contribution in [0.15, 0.2) is 48.5 Å². The Hall–Kier alpha value is -2.94. The van der Waals surface area contributed by atoms with E-state index in [9.17, 15) is 22.4 Å². The molecule has 1 fully saturated rings. The van der Waals surface area contributed by atoms with Crippen molar-refractivity contribution in [3.63, 3.8) is 0 Å². The zero-order chi connectivity index (χ0) is 25.6. The molecular weight excluding hydrogens is 469 g/mol. The molecule has 0 bridgehead atoms. The lowest BCUT2D eigenvalue weighted by atomic mass is 9.95. The summed E-state index contributed by atoms with van der Waals surface area (Å²) in [5, 5.41) is 3.05. The number of halogens is 1. The molecule has 0 unspecified atom stereocenters. The highest BCUT2D eigenvalue weighted by Crippen LogP contribution is 2.23. The molecule has 35 heavy (non-hydrogen) atoms. The Balaban J connectivity index is 1.88. The van der Waals surface area contributed by atoms with E-state index < -0.39 is 34.3 Å². The van der Waals surface area contributed by atoms with Gasteiger partial charge in [0.1, 0.15) is 18.4 Å². The van der Waals surface area contributed by atoms with Crippen molar-refractivity contribution in [2.45, 2.75) is 64.6 Å². The van der Waals surface area contributed by atoms with Crippen molar-refractivity contribution in [1.29, 1.82) is 0 Å². The first-order chi connectivity index (χ1) is 16.6. The topological polar surface area (TPSA) is 86.8 Å². The van der Waals surface area contributed by atoms with E-state index in [2.05, 4.69) is 5.32 Å². The number of rotatable bonds is 9. The molecular formula is C26H34FN3O4S. The number of benzene rings is 2. The van der Waals surface area contributed by atoms with Gasteiger partial charge in [-0.2, -0.15) is 0 Å². The van der Waals surface area contributed by atoms with Crippen LogP contribution in [0, 0.1) is 12.7 Å². The van der Waals surface area contributed by atoms with Gasteiger partial charge in [-0.1, -0.05) is 61.2 Å². The van der Waals surface area contributed by atoms with E-state index >= 15 is 0 Å². The van der Waals surface area contributed by atoms with Crippen LogP contribution < -0.4 is 9.62 Å². The molecule has 2 amide bonds. The summed E-state index contributed by atoms with van der Waals surface area (Å²) in [4.78, 5) is 28.0. The minimum absolute atomic E-state index is 0.0700. The SMILES string of the molecule is Cc1cccc(CN(C(=O)CN(c2ccccc2F)S(C)(=O)=O)[C@H](C)C(=O)NC2CCCCC2)c1. The van der Waals surface area contributed by atoms with Crippen LogP contribution in [0.1, 0.15) is 50.2 Å². The van der Waals surface area contributed by atoms with Crippen LogP contribution in [0.25, 0.3) is 0 Å². The lowest BCUT2D eigenvalue weighted by Gasteiger charge is -2.33. The van der Waals surface area contributed by atoms with Crippen LogP contribution in [-0.2, 0) is 26.2 Å². The van der Waals surface area contributed by atoms with Gasteiger partial charge < -0.3 is 10.2 Å². The fourth-order valence-corrected chi connectivity index (χ4v) is 5.26. The molecule has 1 atom stereocenters. The van der Waals surface area contributed by atoms with E-state index in [4.69, 9.17) is 0 Å². The van der Waals surface area contributed by atoms with Gasteiger partial charge in [0.05, 0.1) is 11.9 Å². The number of nitrogens with zero attached hydrogens (tertiary/aromatic N) is 2. The summed E-state index contributed by atoms with van der Waals surface area (Å²) >= 11 is 0. The van der Waals surface area contributed by atoms with E-state index in [0.717, 1.165) is 59.9 Å². The van der Waals surface area contributed by atoms with E-state index in [1.165, 1.54) is 23.1 Å². The zero-order valence-electron chi connectivity index (χ0n) is 20.5. The average Bonchev–Trinajstić information content (AvgIpc) is 2.81. The molecule has 1 N–H and O–H groups in total. The molecule has 2 aromatic carbocycles. The molecule has 1 saturated carbocycles. The van der Waals surface area contributed by atoms with Gasteiger partial charge in [-0.3, -0.25) is 13.9 Å². The van der Waals surface area contributed by atoms with Gasteiger partial charge in [-0.15, -0.1) is 0 Å². The van der Waals surface area contributed by atoms with Crippen LogP contribution in [0.5, 0.6) is 0 Å². The maximum atomic E-state index is 14.5. The van der Waals surface area contributed by atoms with Gasteiger partial charge in [0, 0.05) is 12.6 Å². The Bertz CT molecular complexity index is 1150. The lowest BCUT2D eigenvalue weighted by Crippen LogP contribution is -2.53. The smallest absolute Gasteiger partial charge is 0.244 e. The summed E-state index contributed by atoms with van der Waals surface area (Å²) in [5.74, 6) is -1.62. The second kappa shape index (κ2) is 11.7. The number of carbonyl (C=O) groups excluding carboxylic acids is 2. The molecule has 0 aliphatic heterocycles. The lowest BCUT2D eigenvalue weighted by molar-refractivity contribution is -0.139.